The van der Waals surface area contributed by atoms with E-state index in [0.29, 0.717) is 18.5 Å². The van der Waals surface area contributed by atoms with Gasteiger partial charge in [-0.2, -0.15) is 0 Å². The van der Waals surface area contributed by atoms with E-state index >= 15 is 0 Å². The molecule has 2 atom stereocenters. The third-order valence-electron chi connectivity index (χ3n) is 3.74. The van der Waals surface area contributed by atoms with Crippen molar-refractivity contribution in [3.8, 4) is 0 Å². The van der Waals surface area contributed by atoms with Crippen LogP contribution in [0.1, 0.15) is 12.8 Å². The minimum atomic E-state index is -0.914. The van der Waals surface area contributed by atoms with E-state index in [4.69, 9.17) is 0 Å². The lowest BCUT2D eigenvalue weighted by Crippen LogP contribution is -2.34. The van der Waals surface area contributed by atoms with E-state index in [0.717, 1.165) is 5.69 Å². The molecular weight excluding hydrogens is 268 g/mol. The lowest BCUT2D eigenvalue weighted by molar-refractivity contribution is -0.146. The Bertz CT molecular complexity index is 549. The first-order valence-corrected chi connectivity index (χ1v) is 6.95. The van der Waals surface area contributed by atoms with Gasteiger partial charge in [0.2, 0.25) is 5.91 Å². The van der Waals surface area contributed by atoms with E-state index in [1.807, 2.05) is 55.4 Å². The van der Waals surface area contributed by atoms with E-state index in [9.17, 15) is 14.7 Å². The summed E-state index contributed by atoms with van der Waals surface area (Å²) in [7, 11) is 3.89. The Morgan fingerprint density at radius 2 is 1.67 bits per heavy atom. The standard InChI is InChI=1S/C16H20N2O3/c1-18(2)12-9-7-11(8-10-12)17-15(19)13-5-3-4-6-14(13)16(20)21/h3-4,7-10,13-14H,5-6H2,1-2H3,(H,17,19)(H,20,21). The molecule has 1 aliphatic carbocycles. The lowest BCUT2D eigenvalue weighted by Gasteiger charge is -2.24. The third-order valence-corrected chi connectivity index (χ3v) is 3.74. The van der Waals surface area contributed by atoms with Gasteiger partial charge < -0.3 is 15.3 Å². The Morgan fingerprint density at radius 1 is 1.10 bits per heavy atom. The number of allylic oxidation sites excluding steroid dienone is 2. The van der Waals surface area contributed by atoms with E-state index < -0.39 is 17.8 Å². The predicted octanol–water partition coefficient (Wildman–Crippen LogP) is 2.36. The molecule has 21 heavy (non-hydrogen) atoms. The zero-order chi connectivity index (χ0) is 15.4. The number of amides is 1. The maximum atomic E-state index is 12.3. The van der Waals surface area contributed by atoms with Crippen LogP contribution >= 0.6 is 0 Å². The van der Waals surface area contributed by atoms with Gasteiger partial charge in [0.15, 0.2) is 0 Å². The number of hydrogen-bond acceptors (Lipinski definition) is 3. The molecule has 1 aliphatic rings. The van der Waals surface area contributed by atoms with E-state index in [1.54, 1.807) is 0 Å². The van der Waals surface area contributed by atoms with Crippen molar-refractivity contribution in [3.63, 3.8) is 0 Å². The molecule has 2 unspecified atom stereocenters. The van der Waals surface area contributed by atoms with Gasteiger partial charge in [0, 0.05) is 25.5 Å². The number of anilines is 2. The molecule has 1 aromatic rings. The SMILES string of the molecule is CN(C)c1ccc(NC(=O)C2CC=CCC2C(=O)O)cc1. The second kappa shape index (κ2) is 6.43. The summed E-state index contributed by atoms with van der Waals surface area (Å²) < 4.78 is 0. The molecule has 5 nitrogen and oxygen atoms in total. The molecule has 0 aromatic heterocycles. The van der Waals surface area contributed by atoms with Crippen molar-refractivity contribution in [2.45, 2.75) is 12.8 Å². The van der Waals surface area contributed by atoms with Gasteiger partial charge in [-0.15, -0.1) is 0 Å². The van der Waals surface area contributed by atoms with Gasteiger partial charge in [-0.1, -0.05) is 12.2 Å². The first-order chi connectivity index (χ1) is 9.99. The minimum absolute atomic E-state index is 0.232. The fraction of sp³-hybridized carbons (Fsp3) is 0.375. The number of carboxylic acid groups (broad SMARTS) is 1. The average molecular weight is 288 g/mol. The summed E-state index contributed by atoms with van der Waals surface area (Å²) in [5.41, 5.74) is 1.72. The molecule has 0 aliphatic heterocycles. The van der Waals surface area contributed by atoms with E-state index in [-0.39, 0.29) is 5.91 Å². The number of carboxylic acids is 1. The Hall–Kier alpha value is -2.30. The highest BCUT2D eigenvalue weighted by Gasteiger charge is 2.33. The monoisotopic (exact) mass is 288 g/mol. The normalized spacial score (nSPS) is 20.9. The van der Waals surface area contributed by atoms with Crippen LogP contribution in [0.3, 0.4) is 0 Å². The number of nitrogens with zero attached hydrogens (tertiary/aromatic N) is 1. The molecule has 2 rings (SSSR count). The van der Waals surface area contributed by atoms with E-state index in [1.165, 1.54) is 0 Å². The summed E-state index contributed by atoms with van der Waals surface area (Å²) in [4.78, 5) is 25.5. The van der Waals surface area contributed by atoms with Crippen molar-refractivity contribution >= 4 is 23.3 Å². The Labute approximate surface area is 124 Å². The highest BCUT2D eigenvalue weighted by atomic mass is 16.4. The molecule has 2 N–H and O–H groups in total. The molecule has 1 amide bonds. The van der Waals surface area contributed by atoms with Gasteiger partial charge in [-0.3, -0.25) is 9.59 Å². The minimum Gasteiger partial charge on any atom is -0.481 e. The number of rotatable bonds is 4. The maximum Gasteiger partial charge on any atom is 0.307 e. The van der Waals surface area contributed by atoms with Gasteiger partial charge in [-0.25, -0.2) is 0 Å². The predicted molar refractivity (Wildman–Crippen MR) is 82.4 cm³/mol. The van der Waals surface area contributed by atoms with Crippen molar-refractivity contribution in [1.82, 2.24) is 0 Å². The zero-order valence-electron chi connectivity index (χ0n) is 12.2. The second-order valence-corrected chi connectivity index (χ2v) is 5.42. The van der Waals surface area contributed by atoms with Crippen molar-refractivity contribution in [1.29, 1.82) is 0 Å². The smallest absolute Gasteiger partial charge is 0.307 e. The van der Waals surface area contributed by atoms with Gasteiger partial charge in [0.25, 0.3) is 0 Å². The third kappa shape index (κ3) is 3.62. The topological polar surface area (TPSA) is 69.6 Å². The number of benzene rings is 1. The molecule has 1 aromatic carbocycles. The van der Waals surface area contributed by atoms with Crippen LogP contribution in [0, 0.1) is 11.8 Å². The fourth-order valence-electron chi connectivity index (χ4n) is 2.45. The highest BCUT2D eigenvalue weighted by molar-refractivity contribution is 5.95. The molecule has 0 spiro atoms. The molecule has 5 heteroatoms. The quantitative estimate of drug-likeness (QED) is 0.834. The zero-order valence-corrected chi connectivity index (χ0v) is 12.2. The van der Waals surface area contributed by atoms with Crippen molar-refractivity contribution in [3.05, 3.63) is 36.4 Å². The molecule has 112 valence electrons. The first kappa shape index (κ1) is 15.1. The summed E-state index contributed by atoms with van der Waals surface area (Å²) in [5.74, 6) is -2.30. The molecule has 0 saturated heterocycles. The highest BCUT2D eigenvalue weighted by Crippen LogP contribution is 2.27. The van der Waals surface area contributed by atoms with Crippen LogP contribution in [0.25, 0.3) is 0 Å². The number of carbonyl (C=O) groups excluding carboxylic acids is 1. The van der Waals surface area contributed by atoms with Crippen molar-refractivity contribution < 1.29 is 14.7 Å². The van der Waals surface area contributed by atoms with Crippen LogP contribution in [-0.2, 0) is 9.59 Å². The number of carbonyl (C=O) groups is 2. The average Bonchev–Trinajstić information content (AvgIpc) is 2.47. The van der Waals surface area contributed by atoms with Gasteiger partial charge in [0.1, 0.15) is 0 Å². The van der Waals surface area contributed by atoms with Gasteiger partial charge in [-0.05, 0) is 37.1 Å². The summed E-state index contributed by atoms with van der Waals surface area (Å²) in [5, 5.41) is 12.0. The van der Waals surface area contributed by atoms with Gasteiger partial charge in [0.05, 0.1) is 11.8 Å². The molecule has 0 saturated carbocycles. The molecule has 0 bridgehead atoms. The molecule has 0 heterocycles. The number of hydrogen-bond donors (Lipinski definition) is 2. The van der Waals surface area contributed by atoms with Crippen LogP contribution in [0.4, 0.5) is 11.4 Å². The van der Waals surface area contributed by atoms with Crippen LogP contribution in [-0.4, -0.2) is 31.1 Å². The second-order valence-electron chi connectivity index (χ2n) is 5.42. The number of aliphatic carboxylic acids is 1. The number of nitrogens with one attached hydrogen (secondary N) is 1. The molecule has 0 fully saturated rings. The summed E-state index contributed by atoms with van der Waals surface area (Å²) in [6.45, 7) is 0. The van der Waals surface area contributed by atoms with Crippen LogP contribution in [0.15, 0.2) is 36.4 Å². The van der Waals surface area contributed by atoms with Crippen LogP contribution < -0.4 is 10.2 Å². The Balaban J connectivity index is 2.06. The van der Waals surface area contributed by atoms with Crippen LogP contribution in [0.5, 0.6) is 0 Å². The largest absolute Gasteiger partial charge is 0.481 e. The van der Waals surface area contributed by atoms with Crippen molar-refractivity contribution in [2.75, 3.05) is 24.3 Å². The summed E-state index contributed by atoms with van der Waals surface area (Å²) in [6, 6.07) is 7.46. The van der Waals surface area contributed by atoms with Crippen molar-refractivity contribution in [2.24, 2.45) is 11.8 Å². The van der Waals surface area contributed by atoms with Crippen LogP contribution in [0.2, 0.25) is 0 Å². The Morgan fingerprint density at radius 3 is 2.19 bits per heavy atom. The summed E-state index contributed by atoms with van der Waals surface area (Å²) in [6.07, 6.45) is 4.58. The first-order valence-electron chi connectivity index (χ1n) is 6.95. The van der Waals surface area contributed by atoms with E-state index in [2.05, 4.69) is 5.32 Å². The fourth-order valence-corrected chi connectivity index (χ4v) is 2.45. The molecular formula is C16H20N2O3. The maximum absolute atomic E-state index is 12.3. The Kier molecular flexibility index (Phi) is 4.62. The van der Waals surface area contributed by atoms with Gasteiger partial charge >= 0.3 is 5.97 Å². The lowest BCUT2D eigenvalue weighted by atomic mass is 9.82. The molecule has 0 radical (unpaired) electrons. The summed E-state index contributed by atoms with van der Waals surface area (Å²) >= 11 is 0.